The van der Waals surface area contributed by atoms with Crippen LogP contribution >= 0.6 is 22.9 Å². The molecule has 3 aromatic rings. The average Bonchev–Trinajstić information content (AvgIpc) is 3.08. The molecule has 0 aliphatic heterocycles. The predicted molar refractivity (Wildman–Crippen MR) is 78.8 cm³/mol. The second-order valence-corrected chi connectivity index (χ2v) is 5.25. The van der Waals surface area contributed by atoms with E-state index in [9.17, 15) is 5.26 Å². The van der Waals surface area contributed by atoms with Crippen LogP contribution in [-0.4, -0.2) is 0 Å². The topological polar surface area (TPSA) is 36.9 Å². The highest BCUT2D eigenvalue weighted by molar-refractivity contribution is 7.11. The Bertz CT molecular complexity index is 793. The fourth-order valence-electron chi connectivity index (χ4n) is 1.92. The van der Waals surface area contributed by atoms with Crippen molar-refractivity contribution in [2.24, 2.45) is 0 Å². The van der Waals surface area contributed by atoms with Crippen molar-refractivity contribution in [1.29, 1.82) is 5.26 Å². The van der Waals surface area contributed by atoms with Crippen LogP contribution in [-0.2, 0) is 0 Å². The highest BCUT2D eigenvalue weighted by Gasteiger charge is 2.15. The number of thiophene rings is 1. The van der Waals surface area contributed by atoms with Crippen molar-refractivity contribution in [1.82, 2.24) is 0 Å². The molecule has 0 bridgehead atoms. The summed E-state index contributed by atoms with van der Waals surface area (Å²) in [4.78, 5) is 0.859. The van der Waals surface area contributed by atoms with Crippen LogP contribution in [0, 0.1) is 11.3 Å². The molecule has 0 unspecified atom stereocenters. The number of benzene rings is 1. The summed E-state index contributed by atoms with van der Waals surface area (Å²) in [5.74, 6) is 0. The highest BCUT2D eigenvalue weighted by atomic mass is 35.5. The molecule has 2 aromatic heterocycles. The minimum atomic E-state index is 0.426. The lowest BCUT2D eigenvalue weighted by Gasteiger charge is -1.99. The Hall–Kier alpha value is -2.02. The monoisotopic (exact) mass is 285 g/mol. The maximum Gasteiger partial charge on any atom is 0.134 e. The van der Waals surface area contributed by atoms with E-state index < -0.39 is 0 Å². The van der Waals surface area contributed by atoms with E-state index in [-0.39, 0.29) is 0 Å². The van der Waals surface area contributed by atoms with Crippen molar-refractivity contribution >= 4 is 44.5 Å². The highest BCUT2D eigenvalue weighted by Crippen LogP contribution is 2.35. The van der Waals surface area contributed by atoms with Gasteiger partial charge in [0.15, 0.2) is 0 Å². The standard InChI is InChI=1S/C15H8ClNOS/c16-15(11(8-17)14-6-3-7-19-14)12-9-18-13-5-2-1-4-10(12)13/h1-7,9H. The average molecular weight is 286 g/mol. The number of nitriles is 1. The predicted octanol–water partition coefficient (Wildman–Crippen LogP) is 5.12. The molecule has 0 fully saturated rings. The van der Waals surface area contributed by atoms with Gasteiger partial charge in [0.05, 0.1) is 10.6 Å². The van der Waals surface area contributed by atoms with Crippen LogP contribution in [0.5, 0.6) is 0 Å². The third-order valence-corrected chi connectivity index (χ3v) is 4.10. The smallest absolute Gasteiger partial charge is 0.134 e. The molecular formula is C15H8ClNOS. The SMILES string of the molecule is N#CC(=C(Cl)c1coc2ccccc12)c1cccs1. The van der Waals surface area contributed by atoms with Gasteiger partial charge in [0.2, 0.25) is 0 Å². The number of fused-ring (bicyclic) bond motifs is 1. The van der Waals surface area contributed by atoms with Gasteiger partial charge < -0.3 is 4.42 Å². The summed E-state index contributed by atoms with van der Waals surface area (Å²) >= 11 is 7.88. The molecule has 3 rings (SSSR count). The molecular weight excluding hydrogens is 278 g/mol. The second kappa shape index (κ2) is 4.93. The summed E-state index contributed by atoms with van der Waals surface area (Å²) in [6.45, 7) is 0. The van der Waals surface area contributed by atoms with E-state index in [0.29, 0.717) is 10.6 Å². The molecule has 0 saturated heterocycles. The maximum atomic E-state index is 9.32. The molecule has 0 aliphatic rings. The Labute approximate surface area is 119 Å². The summed E-state index contributed by atoms with van der Waals surface area (Å²) < 4.78 is 5.46. The van der Waals surface area contributed by atoms with Gasteiger partial charge in [-0.25, -0.2) is 0 Å². The fraction of sp³-hybridized carbons (Fsp3) is 0. The first kappa shape index (κ1) is 12.0. The molecule has 0 aliphatic carbocycles. The van der Waals surface area contributed by atoms with Gasteiger partial charge in [0, 0.05) is 15.8 Å². The van der Waals surface area contributed by atoms with Crippen LogP contribution < -0.4 is 0 Å². The molecule has 4 heteroatoms. The van der Waals surface area contributed by atoms with E-state index in [0.717, 1.165) is 21.4 Å². The molecule has 1 aromatic carbocycles. The zero-order valence-corrected chi connectivity index (χ0v) is 11.3. The number of nitrogens with zero attached hydrogens (tertiary/aromatic N) is 1. The first-order valence-electron chi connectivity index (χ1n) is 5.61. The number of rotatable bonds is 2. The Morgan fingerprint density at radius 2 is 2.05 bits per heavy atom. The van der Waals surface area contributed by atoms with Gasteiger partial charge in [-0.05, 0) is 17.5 Å². The van der Waals surface area contributed by atoms with E-state index in [2.05, 4.69) is 6.07 Å². The van der Waals surface area contributed by atoms with Crippen LogP contribution in [0.2, 0.25) is 0 Å². The summed E-state index contributed by atoms with van der Waals surface area (Å²) in [7, 11) is 0. The number of halogens is 1. The van der Waals surface area contributed by atoms with E-state index in [1.807, 2.05) is 41.8 Å². The second-order valence-electron chi connectivity index (χ2n) is 3.92. The molecule has 2 heterocycles. The number of hydrogen-bond donors (Lipinski definition) is 0. The lowest BCUT2D eigenvalue weighted by atomic mass is 10.1. The normalized spacial score (nSPS) is 12.2. The fourth-order valence-corrected chi connectivity index (χ4v) is 2.99. The summed E-state index contributed by atoms with van der Waals surface area (Å²) in [6, 6.07) is 13.6. The maximum absolute atomic E-state index is 9.32. The number of allylic oxidation sites excluding steroid dienone is 1. The molecule has 0 radical (unpaired) electrons. The van der Waals surface area contributed by atoms with Crippen LogP contribution in [0.4, 0.5) is 0 Å². The minimum absolute atomic E-state index is 0.426. The van der Waals surface area contributed by atoms with Crippen molar-refractivity contribution in [3.63, 3.8) is 0 Å². The van der Waals surface area contributed by atoms with Crippen molar-refractivity contribution < 1.29 is 4.42 Å². The largest absolute Gasteiger partial charge is 0.464 e. The van der Waals surface area contributed by atoms with E-state index in [1.54, 1.807) is 6.26 Å². The van der Waals surface area contributed by atoms with E-state index in [4.69, 9.17) is 16.0 Å². The van der Waals surface area contributed by atoms with Crippen molar-refractivity contribution in [2.45, 2.75) is 0 Å². The first-order chi connectivity index (χ1) is 9.31. The summed E-state index contributed by atoms with van der Waals surface area (Å²) in [5.41, 5.74) is 1.99. The lowest BCUT2D eigenvalue weighted by Crippen LogP contribution is -1.81. The number of furan rings is 1. The van der Waals surface area contributed by atoms with Gasteiger partial charge >= 0.3 is 0 Å². The Balaban J connectivity index is 2.23. The van der Waals surface area contributed by atoms with E-state index >= 15 is 0 Å². The Morgan fingerprint density at radius 1 is 1.21 bits per heavy atom. The Kier molecular flexibility index (Phi) is 3.12. The summed E-state index contributed by atoms with van der Waals surface area (Å²) in [6.07, 6.45) is 1.60. The molecule has 0 saturated carbocycles. The minimum Gasteiger partial charge on any atom is -0.464 e. The van der Waals surface area contributed by atoms with Gasteiger partial charge in [-0.1, -0.05) is 35.9 Å². The molecule has 0 N–H and O–H groups in total. The third kappa shape index (κ3) is 2.06. The summed E-state index contributed by atoms with van der Waals surface area (Å²) in [5, 5.41) is 12.6. The van der Waals surface area contributed by atoms with Gasteiger partial charge in [-0.15, -0.1) is 11.3 Å². The van der Waals surface area contributed by atoms with Gasteiger partial charge in [-0.2, -0.15) is 5.26 Å². The van der Waals surface area contributed by atoms with Gasteiger partial charge in [-0.3, -0.25) is 0 Å². The van der Waals surface area contributed by atoms with Gasteiger partial charge in [0.25, 0.3) is 0 Å². The van der Waals surface area contributed by atoms with Crippen LogP contribution in [0.3, 0.4) is 0 Å². The van der Waals surface area contributed by atoms with Crippen LogP contribution in [0.1, 0.15) is 10.4 Å². The Morgan fingerprint density at radius 3 is 2.79 bits per heavy atom. The molecule has 92 valence electrons. The quantitative estimate of drug-likeness (QED) is 0.612. The molecule has 0 atom stereocenters. The third-order valence-electron chi connectivity index (χ3n) is 2.82. The van der Waals surface area contributed by atoms with Crippen LogP contribution in [0.25, 0.3) is 21.6 Å². The van der Waals surface area contributed by atoms with Gasteiger partial charge in [0.1, 0.15) is 17.9 Å². The molecule has 2 nitrogen and oxygen atoms in total. The zero-order valence-electron chi connectivity index (χ0n) is 9.76. The van der Waals surface area contributed by atoms with Crippen molar-refractivity contribution in [2.75, 3.05) is 0 Å². The van der Waals surface area contributed by atoms with E-state index in [1.165, 1.54) is 11.3 Å². The zero-order chi connectivity index (χ0) is 13.2. The molecule has 0 spiro atoms. The van der Waals surface area contributed by atoms with Crippen molar-refractivity contribution in [3.8, 4) is 6.07 Å². The molecule has 0 amide bonds. The number of hydrogen-bond acceptors (Lipinski definition) is 3. The van der Waals surface area contributed by atoms with Crippen molar-refractivity contribution in [3.05, 3.63) is 58.5 Å². The van der Waals surface area contributed by atoms with Crippen LogP contribution in [0.15, 0.2) is 52.5 Å². The number of para-hydroxylation sites is 1. The first-order valence-corrected chi connectivity index (χ1v) is 6.87. The molecule has 19 heavy (non-hydrogen) atoms. The lowest BCUT2D eigenvalue weighted by molar-refractivity contribution is 0.615.